The Morgan fingerprint density at radius 3 is 1.38 bits per heavy atom. The standard InChI is InChI=1S/C45H29N3/c1-2-15-34(16-3-1)43-46-44(35-26-24-33(25-27-35)37-22-10-17-30-12-4-7-19-36(30)37)48-45(47-43)42-39-21-9-6-14-32(39)28-29-41(42)40-23-11-18-31-13-5-8-20-38(31)40/h1-29H. The van der Waals surface area contributed by atoms with E-state index in [-0.39, 0.29) is 0 Å². The Hall–Kier alpha value is -6.45. The van der Waals surface area contributed by atoms with E-state index in [2.05, 4.69) is 158 Å². The fourth-order valence-electron chi connectivity index (χ4n) is 6.81. The normalized spacial score (nSPS) is 11.3. The Kier molecular flexibility index (Phi) is 6.80. The molecule has 0 bridgehead atoms. The van der Waals surface area contributed by atoms with Crippen LogP contribution in [0.1, 0.15) is 0 Å². The predicted molar refractivity (Wildman–Crippen MR) is 200 cm³/mol. The van der Waals surface area contributed by atoms with E-state index >= 15 is 0 Å². The van der Waals surface area contributed by atoms with Gasteiger partial charge in [0.15, 0.2) is 17.5 Å². The molecule has 0 fully saturated rings. The molecule has 0 aliphatic rings. The minimum atomic E-state index is 0.639. The summed E-state index contributed by atoms with van der Waals surface area (Å²) < 4.78 is 0. The van der Waals surface area contributed by atoms with Crippen molar-refractivity contribution in [3.05, 3.63) is 176 Å². The summed E-state index contributed by atoms with van der Waals surface area (Å²) in [5, 5.41) is 7.09. The lowest BCUT2D eigenvalue weighted by Crippen LogP contribution is -2.02. The van der Waals surface area contributed by atoms with Gasteiger partial charge in [-0.3, -0.25) is 0 Å². The van der Waals surface area contributed by atoms with Gasteiger partial charge in [0.2, 0.25) is 0 Å². The van der Waals surface area contributed by atoms with Gasteiger partial charge in [-0.05, 0) is 54.6 Å². The summed E-state index contributed by atoms with van der Waals surface area (Å²) in [5.41, 5.74) is 7.48. The lowest BCUT2D eigenvalue weighted by Gasteiger charge is -2.16. The van der Waals surface area contributed by atoms with Crippen LogP contribution in [0.25, 0.3) is 88.7 Å². The molecule has 0 unspecified atom stereocenters. The Morgan fingerprint density at radius 2 is 0.708 bits per heavy atom. The van der Waals surface area contributed by atoms with E-state index in [0.717, 1.165) is 44.2 Å². The molecule has 9 aromatic rings. The highest BCUT2D eigenvalue weighted by Crippen LogP contribution is 2.40. The molecule has 0 spiro atoms. The molecular formula is C45H29N3. The third kappa shape index (κ3) is 4.90. The quantitative estimate of drug-likeness (QED) is 0.194. The molecule has 0 atom stereocenters. The number of fused-ring (bicyclic) bond motifs is 3. The van der Waals surface area contributed by atoms with Crippen molar-refractivity contribution in [1.82, 2.24) is 15.0 Å². The van der Waals surface area contributed by atoms with E-state index in [0.29, 0.717) is 17.5 Å². The summed E-state index contributed by atoms with van der Waals surface area (Å²) in [5.74, 6) is 1.93. The largest absolute Gasteiger partial charge is 0.208 e. The summed E-state index contributed by atoms with van der Waals surface area (Å²) in [6, 6.07) is 61.7. The molecule has 9 rings (SSSR count). The highest BCUT2D eigenvalue weighted by molar-refractivity contribution is 6.08. The maximum absolute atomic E-state index is 5.25. The zero-order valence-corrected chi connectivity index (χ0v) is 26.1. The molecule has 1 heterocycles. The Bertz CT molecular complexity index is 2600. The molecule has 0 aliphatic carbocycles. The Labute approximate surface area is 278 Å². The van der Waals surface area contributed by atoms with Gasteiger partial charge >= 0.3 is 0 Å². The van der Waals surface area contributed by atoms with Crippen molar-refractivity contribution in [2.45, 2.75) is 0 Å². The van der Waals surface area contributed by atoms with E-state index in [1.54, 1.807) is 0 Å². The second-order valence-corrected chi connectivity index (χ2v) is 12.0. The van der Waals surface area contributed by atoms with E-state index in [1.807, 2.05) is 18.2 Å². The summed E-state index contributed by atoms with van der Waals surface area (Å²) in [6.45, 7) is 0. The Morgan fingerprint density at radius 1 is 0.250 bits per heavy atom. The maximum Gasteiger partial charge on any atom is 0.165 e. The number of benzene rings is 8. The average molecular weight is 612 g/mol. The lowest BCUT2D eigenvalue weighted by atomic mass is 9.90. The first kappa shape index (κ1) is 27.8. The molecule has 0 N–H and O–H groups in total. The van der Waals surface area contributed by atoms with Gasteiger partial charge in [-0.15, -0.1) is 0 Å². The van der Waals surface area contributed by atoms with E-state index in [4.69, 9.17) is 15.0 Å². The molecular weight excluding hydrogens is 583 g/mol. The number of nitrogens with zero attached hydrogens (tertiary/aromatic N) is 3. The molecule has 224 valence electrons. The molecule has 1 aromatic heterocycles. The van der Waals surface area contributed by atoms with Gasteiger partial charge in [0, 0.05) is 16.7 Å². The fourth-order valence-corrected chi connectivity index (χ4v) is 6.81. The first-order valence-corrected chi connectivity index (χ1v) is 16.2. The van der Waals surface area contributed by atoms with E-state index in [1.165, 1.54) is 27.1 Å². The van der Waals surface area contributed by atoms with Crippen molar-refractivity contribution in [2.24, 2.45) is 0 Å². The topological polar surface area (TPSA) is 38.7 Å². The zero-order chi connectivity index (χ0) is 31.9. The molecule has 0 saturated carbocycles. The lowest BCUT2D eigenvalue weighted by molar-refractivity contribution is 1.08. The van der Waals surface area contributed by atoms with E-state index in [9.17, 15) is 0 Å². The van der Waals surface area contributed by atoms with Crippen LogP contribution < -0.4 is 0 Å². The third-order valence-electron chi connectivity index (χ3n) is 9.14. The third-order valence-corrected chi connectivity index (χ3v) is 9.14. The summed E-state index contributed by atoms with van der Waals surface area (Å²) >= 11 is 0. The van der Waals surface area contributed by atoms with Gasteiger partial charge in [0.25, 0.3) is 0 Å². The van der Waals surface area contributed by atoms with Crippen molar-refractivity contribution >= 4 is 32.3 Å². The van der Waals surface area contributed by atoms with Crippen LogP contribution in [0.5, 0.6) is 0 Å². The summed E-state index contributed by atoms with van der Waals surface area (Å²) in [7, 11) is 0. The highest BCUT2D eigenvalue weighted by atomic mass is 15.0. The van der Waals surface area contributed by atoms with Gasteiger partial charge in [0.1, 0.15) is 0 Å². The molecule has 8 aromatic carbocycles. The van der Waals surface area contributed by atoms with Gasteiger partial charge in [0.05, 0.1) is 0 Å². The van der Waals surface area contributed by atoms with Gasteiger partial charge < -0.3 is 0 Å². The highest BCUT2D eigenvalue weighted by Gasteiger charge is 2.19. The molecule has 0 aliphatic heterocycles. The van der Waals surface area contributed by atoms with Crippen LogP contribution >= 0.6 is 0 Å². The Balaban J connectivity index is 1.27. The van der Waals surface area contributed by atoms with Crippen LogP contribution in [0.3, 0.4) is 0 Å². The summed E-state index contributed by atoms with van der Waals surface area (Å²) in [4.78, 5) is 15.5. The van der Waals surface area contributed by atoms with Gasteiger partial charge in [-0.2, -0.15) is 0 Å². The van der Waals surface area contributed by atoms with Crippen LogP contribution in [-0.2, 0) is 0 Å². The fraction of sp³-hybridized carbons (Fsp3) is 0. The number of hydrogen-bond donors (Lipinski definition) is 0. The molecule has 0 amide bonds. The van der Waals surface area contributed by atoms with Crippen molar-refractivity contribution in [3.8, 4) is 56.4 Å². The molecule has 3 nitrogen and oxygen atoms in total. The maximum atomic E-state index is 5.25. The predicted octanol–water partition coefficient (Wildman–Crippen LogP) is 11.7. The number of aromatic nitrogens is 3. The van der Waals surface area contributed by atoms with E-state index < -0.39 is 0 Å². The molecule has 0 saturated heterocycles. The molecule has 48 heavy (non-hydrogen) atoms. The second-order valence-electron chi connectivity index (χ2n) is 12.0. The number of rotatable bonds is 5. The minimum Gasteiger partial charge on any atom is -0.208 e. The zero-order valence-electron chi connectivity index (χ0n) is 26.1. The first-order valence-electron chi connectivity index (χ1n) is 16.2. The minimum absolute atomic E-state index is 0.639. The van der Waals surface area contributed by atoms with Crippen LogP contribution in [0, 0.1) is 0 Å². The van der Waals surface area contributed by atoms with Gasteiger partial charge in [-0.25, -0.2) is 15.0 Å². The van der Waals surface area contributed by atoms with Crippen LogP contribution in [-0.4, -0.2) is 15.0 Å². The van der Waals surface area contributed by atoms with Crippen molar-refractivity contribution in [2.75, 3.05) is 0 Å². The van der Waals surface area contributed by atoms with Crippen molar-refractivity contribution in [3.63, 3.8) is 0 Å². The number of hydrogen-bond acceptors (Lipinski definition) is 3. The second kappa shape index (κ2) is 11.7. The summed E-state index contributed by atoms with van der Waals surface area (Å²) in [6.07, 6.45) is 0. The smallest absolute Gasteiger partial charge is 0.165 e. The SMILES string of the molecule is c1ccc(-c2nc(-c3ccc(-c4cccc5ccccc45)cc3)nc(-c3c(-c4cccc5ccccc45)ccc4ccccc34)n2)cc1. The molecule has 0 radical (unpaired) electrons. The van der Waals surface area contributed by atoms with Crippen molar-refractivity contribution < 1.29 is 0 Å². The van der Waals surface area contributed by atoms with Gasteiger partial charge in [-0.1, -0.05) is 176 Å². The van der Waals surface area contributed by atoms with Crippen LogP contribution in [0.15, 0.2) is 176 Å². The van der Waals surface area contributed by atoms with Crippen LogP contribution in [0.2, 0.25) is 0 Å². The average Bonchev–Trinajstić information content (AvgIpc) is 3.17. The molecule has 3 heteroatoms. The van der Waals surface area contributed by atoms with Crippen LogP contribution in [0.4, 0.5) is 0 Å². The first-order chi connectivity index (χ1) is 23.8. The van der Waals surface area contributed by atoms with Crippen molar-refractivity contribution in [1.29, 1.82) is 0 Å². The monoisotopic (exact) mass is 611 g/mol.